The summed E-state index contributed by atoms with van der Waals surface area (Å²) >= 11 is 1.67. The Bertz CT molecular complexity index is 836. The number of benzene rings is 1. The van der Waals surface area contributed by atoms with Crippen molar-refractivity contribution >= 4 is 28.2 Å². The highest BCUT2D eigenvalue weighted by molar-refractivity contribution is 7.09. The zero-order valence-corrected chi connectivity index (χ0v) is 12.7. The minimum atomic E-state index is -0.452. The number of hydrogen-bond acceptors (Lipinski definition) is 4. The molecule has 1 amide bonds. The zero-order valence-electron chi connectivity index (χ0n) is 11.9. The molecule has 2 aromatic heterocycles. The van der Waals surface area contributed by atoms with Gasteiger partial charge in [-0.25, -0.2) is 4.79 Å². The Labute approximate surface area is 131 Å². The molecule has 0 saturated heterocycles. The fraction of sp³-hybridized carbons (Fsp3) is 0.176. The summed E-state index contributed by atoms with van der Waals surface area (Å²) in [5.41, 5.74) is 0.466. The smallest absolute Gasteiger partial charge is 0.339 e. The van der Waals surface area contributed by atoms with Gasteiger partial charge in [0.25, 0.3) is 0 Å². The molecule has 3 rings (SSSR count). The number of carbonyl (C=O) groups is 1. The molecule has 112 valence electrons. The van der Waals surface area contributed by atoms with Crippen LogP contribution in [-0.2, 0) is 17.6 Å². The van der Waals surface area contributed by atoms with Crippen molar-refractivity contribution in [2.24, 2.45) is 0 Å². The number of rotatable bonds is 5. The number of thiophene rings is 1. The van der Waals surface area contributed by atoms with Crippen LogP contribution in [0.4, 0.5) is 0 Å². The van der Waals surface area contributed by atoms with Crippen LogP contribution >= 0.6 is 11.3 Å². The molecule has 0 radical (unpaired) electrons. The van der Waals surface area contributed by atoms with Gasteiger partial charge >= 0.3 is 5.63 Å². The van der Waals surface area contributed by atoms with Gasteiger partial charge in [-0.15, -0.1) is 11.3 Å². The van der Waals surface area contributed by atoms with Gasteiger partial charge in [0.15, 0.2) is 0 Å². The zero-order chi connectivity index (χ0) is 15.4. The van der Waals surface area contributed by atoms with Gasteiger partial charge in [0, 0.05) is 22.4 Å². The van der Waals surface area contributed by atoms with E-state index in [9.17, 15) is 9.59 Å². The van der Waals surface area contributed by atoms with E-state index in [1.54, 1.807) is 23.5 Å². The first kappa shape index (κ1) is 14.5. The highest BCUT2D eigenvalue weighted by Crippen LogP contribution is 2.13. The van der Waals surface area contributed by atoms with Crippen molar-refractivity contribution in [2.45, 2.75) is 12.8 Å². The first-order valence-corrected chi connectivity index (χ1v) is 7.91. The van der Waals surface area contributed by atoms with Gasteiger partial charge in [0.05, 0.1) is 6.42 Å². The molecule has 0 saturated carbocycles. The summed E-state index contributed by atoms with van der Waals surface area (Å²) in [6.07, 6.45) is 0.841. The third-order valence-corrected chi connectivity index (χ3v) is 4.27. The minimum absolute atomic E-state index is 0.0393. The van der Waals surface area contributed by atoms with Crippen molar-refractivity contribution in [1.82, 2.24) is 5.32 Å². The van der Waals surface area contributed by atoms with Crippen LogP contribution in [0.1, 0.15) is 10.4 Å². The summed E-state index contributed by atoms with van der Waals surface area (Å²) in [4.78, 5) is 25.1. The van der Waals surface area contributed by atoms with E-state index in [-0.39, 0.29) is 12.3 Å². The molecule has 0 aliphatic rings. The van der Waals surface area contributed by atoms with Gasteiger partial charge in [0.2, 0.25) is 5.91 Å². The predicted octanol–water partition coefficient (Wildman–Crippen LogP) is 2.76. The number of amides is 1. The lowest BCUT2D eigenvalue weighted by Gasteiger charge is -2.04. The van der Waals surface area contributed by atoms with Crippen molar-refractivity contribution in [1.29, 1.82) is 0 Å². The van der Waals surface area contributed by atoms with E-state index in [4.69, 9.17) is 4.42 Å². The SMILES string of the molecule is O=C(Cc1cc2ccccc2oc1=O)NCCc1cccs1. The quantitative estimate of drug-likeness (QED) is 0.737. The van der Waals surface area contributed by atoms with E-state index in [0.29, 0.717) is 17.7 Å². The normalized spacial score (nSPS) is 10.7. The predicted molar refractivity (Wildman–Crippen MR) is 87.2 cm³/mol. The van der Waals surface area contributed by atoms with E-state index in [1.807, 2.05) is 35.7 Å². The molecule has 3 aromatic rings. The Hall–Kier alpha value is -2.40. The van der Waals surface area contributed by atoms with E-state index < -0.39 is 5.63 Å². The number of hydrogen-bond donors (Lipinski definition) is 1. The molecule has 2 heterocycles. The third kappa shape index (κ3) is 3.43. The van der Waals surface area contributed by atoms with Crippen molar-refractivity contribution in [3.8, 4) is 0 Å². The van der Waals surface area contributed by atoms with Crippen LogP contribution in [0.15, 0.2) is 57.1 Å². The molecule has 0 spiro atoms. The maximum atomic E-state index is 11.9. The van der Waals surface area contributed by atoms with Crippen LogP contribution in [-0.4, -0.2) is 12.5 Å². The lowest BCUT2D eigenvalue weighted by Crippen LogP contribution is -2.28. The third-order valence-electron chi connectivity index (χ3n) is 3.34. The van der Waals surface area contributed by atoms with Crippen molar-refractivity contribution in [3.05, 3.63) is 68.7 Å². The van der Waals surface area contributed by atoms with Crippen LogP contribution in [0.5, 0.6) is 0 Å². The lowest BCUT2D eigenvalue weighted by atomic mass is 10.1. The molecule has 22 heavy (non-hydrogen) atoms. The fourth-order valence-electron chi connectivity index (χ4n) is 2.24. The van der Waals surface area contributed by atoms with Gasteiger partial charge in [-0.05, 0) is 30.0 Å². The van der Waals surface area contributed by atoms with Crippen molar-refractivity contribution in [3.63, 3.8) is 0 Å². The first-order valence-electron chi connectivity index (χ1n) is 7.03. The molecule has 0 bridgehead atoms. The second kappa shape index (κ2) is 6.58. The first-order chi connectivity index (χ1) is 10.7. The molecular weight excluding hydrogens is 298 g/mol. The molecule has 0 atom stereocenters. The Morgan fingerprint density at radius 2 is 2.05 bits per heavy atom. The summed E-state index contributed by atoms with van der Waals surface area (Å²) in [5.74, 6) is -0.167. The molecule has 0 aliphatic carbocycles. The second-order valence-corrected chi connectivity index (χ2v) is 5.99. The number of fused-ring (bicyclic) bond motifs is 1. The van der Waals surface area contributed by atoms with E-state index in [0.717, 1.165) is 11.8 Å². The topological polar surface area (TPSA) is 59.3 Å². The Morgan fingerprint density at radius 1 is 1.18 bits per heavy atom. The summed E-state index contributed by atoms with van der Waals surface area (Å²) in [7, 11) is 0. The fourth-order valence-corrected chi connectivity index (χ4v) is 2.95. The monoisotopic (exact) mass is 313 g/mol. The van der Waals surface area contributed by atoms with Crippen LogP contribution in [0.3, 0.4) is 0 Å². The Balaban J connectivity index is 1.63. The van der Waals surface area contributed by atoms with E-state index in [1.165, 1.54) is 4.88 Å². The molecule has 1 N–H and O–H groups in total. The van der Waals surface area contributed by atoms with Crippen LogP contribution in [0, 0.1) is 0 Å². The highest BCUT2D eigenvalue weighted by atomic mass is 32.1. The molecule has 0 aliphatic heterocycles. The highest BCUT2D eigenvalue weighted by Gasteiger charge is 2.10. The maximum absolute atomic E-state index is 11.9. The summed E-state index contributed by atoms with van der Waals surface area (Å²) in [5, 5.41) is 5.67. The van der Waals surface area contributed by atoms with E-state index >= 15 is 0 Å². The number of para-hydroxylation sites is 1. The molecule has 5 heteroatoms. The van der Waals surface area contributed by atoms with Gasteiger partial charge in [-0.2, -0.15) is 0 Å². The standard InChI is InChI=1S/C17H15NO3S/c19-16(18-8-7-14-5-3-9-22-14)11-13-10-12-4-1-2-6-15(12)21-17(13)20/h1-6,9-10H,7-8,11H2,(H,18,19). The Kier molecular flexibility index (Phi) is 4.34. The van der Waals surface area contributed by atoms with Crippen molar-refractivity contribution < 1.29 is 9.21 Å². The molecule has 0 fully saturated rings. The van der Waals surface area contributed by atoms with Gasteiger partial charge in [-0.3, -0.25) is 4.79 Å². The largest absolute Gasteiger partial charge is 0.423 e. The summed E-state index contributed by atoms with van der Waals surface area (Å²) in [6.45, 7) is 0.568. The average Bonchev–Trinajstić information content (AvgIpc) is 3.01. The van der Waals surface area contributed by atoms with Crippen LogP contribution in [0.25, 0.3) is 11.0 Å². The second-order valence-electron chi connectivity index (χ2n) is 4.95. The average molecular weight is 313 g/mol. The number of carbonyl (C=O) groups excluding carboxylic acids is 1. The summed E-state index contributed by atoms with van der Waals surface area (Å²) < 4.78 is 5.22. The Morgan fingerprint density at radius 3 is 2.86 bits per heavy atom. The number of nitrogens with one attached hydrogen (secondary N) is 1. The van der Waals surface area contributed by atoms with Crippen molar-refractivity contribution in [2.75, 3.05) is 6.54 Å². The summed E-state index contributed by atoms with van der Waals surface area (Å²) in [6, 6.07) is 13.0. The van der Waals surface area contributed by atoms with Gasteiger partial charge < -0.3 is 9.73 Å². The van der Waals surface area contributed by atoms with Crippen LogP contribution in [0.2, 0.25) is 0 Å². The molecular formula is C17H15NO3S. The van der Waals surface area contributed by atoms with Crippen LogP contribution < -0.4 is 10.9 Å². The maximum Gasteiger partial charge on any atom is 0.339 e. The van der Waals surface area contributed by atoms with E-state index in [2.05, 4.69) is 5.32 Å². The minimum Gasteiger partial charge on any atom is -0.423 e. The molecule has 1 aromatic carbocycles. The molecule has 4 nitrogen and oxygen atoms in total. The molecule has 0 unspecified atom stereocenters. The van der Waals surface area contributed by atoms with Gasteiger partial charge in [-0.1, -0.05) is 24.3 Å². The van der Waals surface area contributed by atoms with Gasteiger partial charge in [0.1, 0.15) is 5.58 Å². The lowest BCUT2D eigenvalue weighted by molar-refractivity contribution is -0.120.